The normalized spacial score (nSPS) is 12.9. The van der Waals surface area contributed by atoms with Crippen molar-refractivity contribution in [3.63, 3.8) is 0 Å². The lowest BCUT2D eigenvalue weighted by atomic mass is 9.99. The van der Waals surface area contributed by atoms with Gasteiger partial charge in [-0.3, -0.25) is 0 Å². The highest BCUT2D eigenvalue weighted by atomic mass is 14.6. The predicted octanol–water partition coefficient (Wildman–Crippen LogP) is 2.04. The molecular weight excluding hydrogens is 172 g/mol. The summed E-state index contributed by atoms with van der Waals surface area (Å²) in [6, 6.07) is 6.62. The lowest BCUT2D eigenvalue weighted by Crippen LogP contribution is -2.12. The van der Waals surface area contributed by atoms with Crippen molar-refractivity contribution in [2.24, 2.45) is 11.5 Å². The third-order valence-electron chi connectivity index (χ3n) is 2.39. The zero-order valence-electron chi connectivity index (χ0n) is 9.09. The van der Waals surface area contributed by atoms with E-state index in [9.17, 15) is 0 Å². The van der Waals surface area contributed by atoms with Gasteiger partial charge in [-0.1, -0.05) is 29.3 Å². The van der Waals surface area contributed by atoms with Crippen LogP contribution in [0.3, 0.4) is 0 Å². The van der Waals surface area contributed by atoms with Crippen LogP contribution in [0.5, 0.6) is 0 Å². The molecule has 2 heteroatoms. The Morgan fingerprint density at radius 2 is 1.71 bits per heavy atom. The van der Waals surface area contributed by atoms with Gasteiger partial charge < -0.3 is 11.5 Å². The van der Waals surface area contributed by atoms with Gasteiger partial charge in [0.05, 0.1) is 0 Å². The Morgan fingerprint density at radius 1 is 1.14 bits per heavy atom. The summed E-state index contributed by atoms with van der Waals surface area (Å²) in [6.45, 7) is 4.93. The third-order valence-corrected chi connectivity index (χ3v) is 2.39. The maximum atomic E-state index is 6.06. The van der Waals surface area contributed by atoms with Crippen LogP contribution in [-0.2, 0) is 0 Å². The molecule has 4 N–H and O–H groups in total. The first kappa shape index (κ1) is 11.2. The Balaban J connectivity index is 2.73. The molecule has 1 aromatic carbocycles. The van der Waals surface area contributed by atoms with Crippen molar-refractivity contribution in [2.45, 2.75) is 32.7 Å². The van der Waals surface area contributed by atoms with Crippen LogP contribution in [0, 0.1) is 13.8 Å². The van der Waals surface area contributed by atoms with Crippen molar-refractivity contribution in [3.05, 3.63) is 34.9 Å². The molecule has 0 unspecified atom stereocenters. The quantitative estimate of drug-likeness (QED) is 0.767. The van der Waals surface area contributed by atoms with E-state index >= 15 is 0 Å². The Kier molecular flexibility index (Phi) is 4.11. The van der Waals surface area contributed by atoms with Gasteiger partial charge in [0.25, 0.3) is 0 Å². The first-order valence-electron chi connectivity index (χ1n) is 5.17. The smallest absolute Gasteiger partial charge is 0.0295 e. The topological polar surface area (TPSA) is 52.0 Å². The van der Waals surface area contributed by atoms with Crippen molar-refractivity contribution < 1.29 is 0 Å². The highest BCUT2D eigenvalue weighted by Crippen LogP contribution is 2.18. The second kappa shape index (κ2) is 5.13. The number of aryl methyl sites for hydroxylation is 2. The lowest BCUT2D eigenvalue weighted by molar-refractivity contribution is 0.617. The molecule has 0 radical (unpaired) electrons. The van der Waals surface area contributed by atoms with E-state index in [0.717, 1.165) is 19.4 Å². The molecule has 1 atom stereocenters. The maximum Gasteiger partial charge on any atom is 0.0295 e. The van der Waals surface area contributed by atoms with Gasteiger partial charge in [-0.05, 0) is 38.8 Å². The van der Waals surface area contributed by atoms with Gasteiger partial charge in [0.1, 0.15) is 0 Å². The number of rotatable bonds is 4. The lowest BCUT2D eigenvalue weighted by Gasteiger charge is -2.13. The maximum absolute atomic E-state index is 6.06. The summed E-state index contributed by atoms with van der Waals surface area (Å²) < 4.78 is 0. The third kappa shape index (κ3) is 3.13. The van der Waals surface area contributed by atoms with Crippen molar-refractivity contribution in [2.75, 3.05) is 6.54 Å². The molecule has 1 rings (SSSR count). The molecule has 0 fully saturated rings. The summed E-state index contributed by atoms with van der Waals surface area (Å²) in [6.07, 6.45) is 1.97. The fourth-order valence-electron chi connectivity index (χ4n) is 1.73. The van der Waals surface area contributed by atoms with Gasteiger partial charge in [-0.15, -0.1) is 0 Å². The van der Waals surface area contributed by atoms with E-state index in [1.54, 1.807) is 0 Å². The van der Waals surface area contributed by atoms with Gasteiger partial charge in [0, 0.05) is 6.04 Å². The molecule has 14 heavy (non-hydrogen) atoms. The molecule has 0 saturated heterocycles. The molecule has 0 aliphatic rings. The molecular formula is C12H20N2. The molecule has 0 aliphatic heterocycles. The van der Waals surface area contributed by atoms with Gasteiger partial charge >= 0.3 is 0 Å². The van der Waals surface area contributed by atoms with E-state index in [4.69, 9.17) is 11.5 Å². The fourth-order valence-corrected chi connectivity index (χ4v) is 1.73. The second-order valence-electron chi connectivity index (χ2n) is 3.96. The standard InChI is InChI=1S/C12H20N2/c1-9-6-10(2)8-11(7-9)12(14)4-3-5-13/h6-8,12H,3-5,13-14H2,1-2H3/t12-/m1/s1. The van der Waals surface area contributed by atoms with Crippen LogP contribution >= 0.6 is 0 Å². The van der Waals surface area contributed by atoms with Gasteiger partial charge in [0.15, 0.2) is 0 Å². The summed E-state index contributed by atoms with van der Waals surface area (Å²) in [5, 5.41) is 0. The fraction of sp³-hybridized carbons (Fsp3) is 0.500. The molecule has 78 valence electrons. The van der Waals surface area contributed by atoms with E-state index in [1.807, 2.05) is 0 Å². The van der Waals surface area contributed by atoms with Gasteiger partial charge in [0.2, 0.25) is 0 Å². The van der Waals surface area contributed by atoms with Crippen LogP contribution in [0.25, 0.3) is 0 Å². The van der Waals surface area contributed by atoms with E-state index in [0.29, 0.717) is 0 Å². The van der Waals surface area contributed by atoms with Crippen molar-refractivity contribution in [1.82, 2.24) is 0 Å². The van der Waals surface area contributed by atoms with Crippen LogP contribution in [-0.4, -0.2) is 6.54 Å². The SMILES string of the molecule is Cc1cc(C)cc([C@H](N)CCCN)c1. The minimum Gasteiger partial charge on any atom is -0.330 e. The van der Waals surface area contributed by atoms with Crippen LogP contribution in [0.4, 0.5) is 0 Å². The van der Waals surface area contributed by atoms with Crippen molar-refractivity contribution in [3.8, 4) is 0 Å². The van der Waals surface area contributed by atoms with Crippen LogP contribution in [0.1, 0.15) is 35.6 Å². The average molecular weight is 192 g/mol. The Morgan fingerprint density at radius 3 is 2.21 bits per heavy atom. The molecule has 0 bridgehead atoms. The van der Waals surface area contributed by atoms with Gasteiger partial charge in [-0.25, -0.2) is 0 Å². The summed E-state index contributed by atoms with van der Waals surface area (Å²) in [4.78, 5) is 0. The Labute approximate surface area is 86.3 Å². The molecule has 0 aromatic heterocycles. The minimum atomic E-state index is 0.136. The van der Waals surface area contributed by atoms with Crippen LogP contribution in [0.15, 0.2) is 18.2 Å². The summed E-state index contributed by atoms with van der Waals surface area (Å²) in [5.74, 6) is 0. The number of hydrogen-bond acceptors (Lipinski definition) is 2. The summed E-state index contributed by atoms with van der Waals surface area (Å²) in [5.41, 5.74) is 15.3. The molecule has 1 aromatic rings. The van der Waals surface area contributed by atoms with E-state index in [-0.39, 0.29) is 6.04 Å². The van der Waals surface area contributed by atoms with Crippen molar-refractivity contribution >= 4 is 0 Å². The Hall–Kier alpha value is -0.860. The minimum absolute atomic E-state index is 0.136. The molecule has 0 amide bonds. The van der Waals surface area contributed by atoms with Crippen molar-refractivity contribution in [1.29, 1.82) is 0 Å². The predicted molar refractivity (Wildman–Crippen MR) is 61.1 cm³/mol. The monoisotopic (exact) mass is 192 g/mol. The zero-order valence-corrected chi connectivity index (χ0v) is 9.09. The van der Waals surface area contributed by atoms with E-state index < -0.39 is 0 Å². The first-order valence-corrected chi connectivity index (χ1v) is 5.17. The molecule has 0 aliphatic carbocycles. The Bertz CT molecular complexity index is 274. The van der Waals surface area contributed by atoms with E-state index in [1.165, 1.54) is 16.7 Å². The molecule has 2 nitrogen and oxygen atoms in total. The number of hydrogen-bond donors (Lipinski definition) is 2. The van der Waals surface area contributed by atoms with Gasteiger partial charge in [-0.2, -0.15) is 0 Å². The van der Waals surface area contributed by atoms with Crippen LogP contribution < -0.4 is 11.5 Å². The highest BCUT2D eigenvalue weighted by molar-refractivity contribution is 5.30. The summed E-state index contributed by atoms with van der Waals surface area (Å²) in [7, 11) is 0. The highest BCUT2D eigenvalue weighted by Gasteiger charge is 2.05. The number of nitrogens with two attached hydrogens (primary N) is 2. The first-order chi connectivity index (χ1) is 6.63. The molecule has 0 saturated carbocycles. The second-order valence-corrected chi connectivity index (χ2v) is 3.96. The molecule has 0 heterocycles. The largest absolute Gasteiger partial charge is 0.330 e. The van der Waals surface area contributed by atoms with Crippen LogP contribution in [0.2, 0.25) is 0 Å². The summed E-state index contributed by atoms with van der Waals surface area (Å²) >= 11 is 0. The zero-order chi connectivity index (χ0) is 10.6. The average Bonchev–Trinajstić information content (AvgIpc) is 2.12. The number of benzene rings is 1. The molecule has 0 spiro atoms. The van der Waals surface area contributed by atoms with E-state index in [2.05, 4.69) is 32.0 Å².